The molecule has 1 atom stereocenters. The molecule has 1 aromatic heterocycles. The third-order valence-electron chi connectivity index (χ3n) is 7.88. The number of carbonyl (C=O) groups excluding carboxylic acids is 2. The Bertz CT molecular complexity index is 1500. The molecule has 1 fully saturated rings. The lowest BCUT2D eigenvalue weighted by Gasteiger charge is -2.31. The second-order valence-electron chi connectivity index (χ2n) is 10.8. The molecule has 1 aliphatic carbocycles. The molecule has 8 nitrogen and oxygen atoms in total. The first kappa shape index (κ1) is 30.4. The summed E-state index contributed by atoms with van der Waals surface area (Å²) in [7, 11) is 1.61. The number of furan rings is 1. The van der Waals surface area contributed by atoms with Gasteiger partial charge in [0.1, 0.15) is 11.3 Å². The van der Waals surface area contributed by atoms with Crippen molar-refractivity contribution in [2.45, 2.75) is 51.5 Å². The van der Waals surface area contributed by atoms with Crippen molar-refractivity contribution in [2.75, 3.05) is 24.2 Å². The lowest BCUT2D eigenvalue weighted by atomic mass is 9.82. The van der Waals surface area contributed by atoms with E-state index < -0.39 is 5.97 Å². The van der Waals surface area contributed by atoms with E-state index in [0.29, 0.717) is 22.7 Å². The van der Waals surface area contributed by atoms with Gasteiger partial charge in [-0.3, -0.25) is 14.4 Å². The maximum atomic E-state index is 12.7. The van der Waals surface area contributed by atoms with Crippen LogP contribution in [0.15, 0.2) is 83.8 Å². The van der Waals surface area contributed by atoms with Crippen LogP contribution in [0, 0.1) is 12.8 Å². The molecule has 2 aromatic carbocycles. The summed E-state index contributed by atoms with van der Waals surface area (Å²) in [4.78, 5) is 37.7. The van der Waals surface area contributed by atoms with Gasteiger partial charge >= 0.3 is 5.97 Å². The first-order valence-electron chi connectivity index (χ1n) is 14.3. The Morgan fingerprint density at radius 1 is 1.07 bits per heavy atom. The van der Waals surface area contributed by atoms with Crippen molar-refractivity contribution in [1.82, 2.24) is 4.90 Å². The van der Waals surface area contributed by atoms with Crippen LogP contribution in [-0.2, 0) is 9.59 Å². The molecule has 1 saturated carbocycles. The van der Waals surface area contributed by atoms with E-state index >= 15 is 0 Å². The number of carbonyl (C=O) groups is 3. The third-order valence-corrected chi connectivity index (χ3v) is 7.88. The number of fused-ring (bicyclic) bond motifs is 1. The third kappa shape index (κ3) is 7.18. The van der Waals surface area contributed by atoms with E-state index in [0.717, 1.165) is 53.7 Å². The van der Waals surface area contributed by atoms with E-state index in [1.807, 2.05) is 37.3 Å². The number of hydrogen-bond acceptors (Lipinski definition) is 5. The lowest BCUT2D eigenvalue weighted by molar-refractivity contribution is -0.137. The predicted molar refractivity (Wildman–Crippen MR) is 167 cm³/mol. The Morgan fingerprint density at radius 2 is 1.76 bits per heavy atom. The van der Waals surface area contributed by atoms with Gasteiger partial charge in [0.05, 0.1) is 12.5 Å². The fourth-order valence-corrected chi connectivity index (χ4v) is 5.52. The van der Waals surface area contributed by atoms with Crippen LogP contribution in [0.25, 0.3) is 11.0 Å². The van der Waals surface area contributed by atoms with Gasteiger partial charge in [0.2, 0.25) is 0 Å². The molecule has 0 radical (unpaired) electrons. The molecule has 42 heavy (non-hydrogen) atoms. The molecule has 3 N–H and O–H groups in total. The van der Waals surface area contributed by atoms with Gasteiger partial charge in [-0.05, 0) is 68.1 Å². The van der Waals surface area contributed by atoms with Crippen LogP contribution in [0.3, 0.4) is 0 Å². The van der Waals surface area contributed by atoms with Crippen LogP contribution < -0.4 is 10.6 Å². The molecule has 0 saturated heterocycles. The van der Waals surface area contributed by atoms with Crippen LogP contribution >= 0.6 is 0 Å². The summed E-state index contributed by atoms with van der Waals surface area (Å²) < 4.78 is 6.47. The Hall–Kier alpha value is -4.59. The highest BCUT2D eigenvalue weighted by Crippen LogP contribution is 2.41. The number of amides is 2. The van der Waals surface area contributed by atoms with E-state index in [2.05, 4.69) is 23.8 Å². The van der Waals surface area contributed by atoms with Crippen molar-refractivity contribution in [3.8, 4) is 0 Å². The molecular formula is C34H39N3O5. The van der Waals surface area contributed by atoms with Crippen LogP contribution in [0.4, 0.5) is 11.4 Å². The van der Waals surface area contributed by atoms with Gasteiger partial charge in [-0.2, -0.15) is 0 Å². The number of aryl methyl sites for hydroxylation is 1. The Balaban J connectivity index is 1.59. The average Bonchev–Trinajstić information content (AvgIpc) is 3.32. The Kier molecular flexibility index (Phi) is 10.0. The fraction of sp³-hybridized carbons (Fsp3) is 0.324. The number of rotatable bonds is 12. The van der Waals surface area contributed by atoms with Gasteiger partial charge in [-0.1, -0.05) is 50.6 Å². The number of carboxylic acids is 1. The first-order valence-corrected chi connectivity index (χ1v) is 14.3. The number of benzene rings is 2. The molecule has 0 bridgehead atoms. The second kappa shape index (κ2) is 13.9. The van der Waals surface area contributed by atoms with Crippen LogP contribution in [0.2, 0.25) is 0 Å². The van der Waals surface area contributed by atoms with Crippen molar-refractivity contribution < 1.29 is 23.9 Å². The van der Waals surface area contributed by atoms with Gasteiger partial charge < -0.3 is 25.1 Å². The zero-order valence-electron chi connectivity index (χ0n) is 24.3. The second-order valence-corrected chi connectivity index (χ2v) is 10.8. The minimum absolute atomic E-state index is 0.0709. The zero-order chi connectivity index (χ0) is 30.2. The Morgan fingerprint density at radius 3 is 2.40 bits per heavy atom. The molecule has 8 heteroatoms. The van der Waals surface area contributed by atoms with E-state index in [1.54, 1.807) is 31.3 Å². The average molecular weight is 570 g/mol. The summed E-state index contributed by atoms with van der Waals surface area (Å²) in [5, 5.41) is 16.5. The predicted octanol–water partition coefficient (Wildman–Crippen LogP) is 7.26. The summed E-state index contributed by atoms with van der Waals surface area (Å²) in [6.07, 6.45) is 10.3. The van der Waals surface area contributed by atoms with Crippen molar-refractivity contribution in [2.24, 2.45) is 5.92 Å². The number of nitrogens with zero attached hydrogens (tertiary/aromatic N) is 1. The lowest BCUT2D eigenvalue weighted by Crippen LogP contribution is -2.29. The van der Waals surface area contributed by atoms with E-state index in [-0.39, 0.29) is 30.8 Å². The maximum absolute atomic E-state index is 12.7. The van der Waals surface area contributed by atoms with Gasteiger partial charge in [-0.15, -0.1) is 0 Å². The summed E-state index contributed by atoms with van der Waals surface area (Å²) in [6.45, 7) is 9.55. The standard InChI is InChI=1S/C34H39N3O5/c1-5-10-23(6-2)33(40)36-27-17-18-29-28(21-27)22(3)32(42-29)31(24-11-8-7-9-12-24)35-26-15-13-25(14-16-26)34(41)37(4)20-19-30(38)39/h5-6,10,13-18,21,24,31,35H,1-2,7-9,11-12,19-20H2,3-4H3,(H,36,40)(H,38,39)/b23-10+. The number of nitrogens with one attached hydrogen (secondary N) is 2. The molecule has 220 valence electrons. The minimum Gasteiger partial charge on any atom is -0.481 e. The molecule has 3 aromatic rings. The minimum atomic E-state index is -0.938. The summed E-state index contributed by atoms with van der Waals surface area (Å²) in [5.41, 5.74) is 4.22. The van der Waals surface area contributed by atoms with Gasteiger partial charge in [0.15, 0.2) is 0 Å². The highest BCUT2D eigenvalue weighted by atomic mass is 16.4. The normalized spacial score (nSPS) is 14.7. The van der Waals surface area contributed by atoms with Crippen LogP contribution in [0.1, 0.15) is 66.2 Å². The summed E-state index contributed by atoms with van der Waals surface area (Å²) in [6, 6.07) is 12.9. The maximum Gasteiger partial charge on any atom is 0.305 e. The molecule has 1 heterocycles. The summed E-state index contributed by atoms with van der Waals surface area (Å²) in [5.74, 6) is -0.176. The number of anilines is 2. The van der Waals surface area contributed by atoms with Crippen molar-refractivity contribution in [1.29, 1.82) is 0 Å². The summed E-state index contributed by atoms with van der Waals surface area (Å²) >= 11 is 0. The first-order chi connectivity index (χ1) is 20.2. The molecule has 0 spiro atoms. The highest BCUT2D eigenvalue weighted by Gasteiger charge is 2.30. The zero-order valence-corrected chi connectivity index (χ0v) is 24.3. The van der Waals surface area contributed by atoms with E-state index in [1.165, 1.54) is 17.4 Å². The monoisotopic (exact) mass is 569 g/mol. The van der Waals surface area contributed by atoms with E-state index in [4.69, 9.17) is 9.52 Å². The van der Waals surface area contributed by atoms with Crippen molar-refractivity contribution >= 4 is 40.1 Å². The molecule has 1 aliphatic rings. The van der Waals surface area contributed by atoms with Gasteiger partial charge in [0.25, 0.3) is 11.8 Å². The van der Waals surface area contributed by atoms with Crippen molar-refractivity contribution in [3.63, 3.8) is 0 Å². The number of aliphatic carboxylic acids is 1. The quantitative estimate of drug-likeness (QED) is 0.156. The molecular weight excluding hydrogens is 530 g/mol. The molecule has 4 rings (SSSR count). The Labute approximate surface area is 246 Å². The number of hydrogen-bond donors (Lipinski definition) is 3. The van der Waals surface area contributed by atoms with Gasteiger partial charge in [0, 0.05) is 47.1 Å². The van der Waals surface area contributed by atoms with Crippen molar-refractivity contribution in [3.05, 3.63) is 96.3 Å². The SMILES string of the molecule is C=C/C=C(\C=C)C(=O)Nc1ccc2oc(C(Nc3ccc(C(=O)N(C)CCC(=O)O)cc3)C3CCCCC3)c(C)c2c1. The number of carboxylic acid groups (broad SMARTS) is 1. The van der Waals surface area contributed by atoms with E-state index in [9.17, 15) is 14.4 Å². The van der Waals surface area contributed by atoms with Crippen LogP contribution in [0.5, 0.6) is 0 Å². The molecule has 0 aliphatic heterocycles. The number of allylic oxidation sites excluding steroid dienone is 2. The topological polar surface area (TPSA) is 112 Å². The fourth-order valence-electron chi connectivity index (χ4n) is 5.52. The molecule has 1 unspecified atom stereocenters. The largest absolute Gasteiger partial charge is 0.481 e. The van der Waals surface area contributed by atoms with Crippen LogP contribution in [-0.4, -0.2) is 41.4 Å². The highest BCUT2D eigenvalue weighted by molar-refractivity contribution is 6.06. The smallest absolute Gasteiger partial charge is 0.305 e. The molecule has 2 amide bonds. The van der Waals surface area contributed by atoms with Gasteiger partial charge in [-0.25, -0.2) is 0 Å².